The molecule has 0 aliphatic carbocycles. The molecule has 2 aromatic heterocycles. The molecule has 8 rings (SSSR count). The van der Waals surface area contributed by atoms with E-state index in [4.69, 9.17) is 9.72 Å². The molecule has 0 spiro atoms. The molecule has 5 nitrogen and oxygen atoms in total. The van der Waals surface area contributed by atoms with Crippen molar-refractivity contribution in [3.8, 4) is 28.4 Å². The van der Waals surface area contributed by atoms with Crippen molar-refractivity contribution in [3.63, 3.8) is 0 Å². The first-order chi connectivity index (χ1) is 29.3. The maximum Gasteiger partial charge on any atom is 0.137 e. The van der Waals surface area contributed by atoms with Gasteiger partial charge in [0, 0.05) is 57.8 Å². The van der Waals surface area contributed by atoms with Crippen LogP contribution in [-0.4, -0.2) is 16.2 Å². The zero-order valence-corrected chi connectivity index (χ0v) is 40.5. The van der Waals surface area contributed by atoms with Gasteiger partial charge >= 0.3 is 0 Å². The summed E-state index contributed by atoms with van der Waals surface area (Å²) in [5.41, 5.74) is 13.2. The van der Waals surface area contributed by atoms with Crippen LogP contribution >= 0.6 is 0 Å². The topological polar surface area (TPSA) is 33.5 Å². The predicted octanol–water partition coefficient (Wildman–Crippen LogP) is 16.0. The molecule has 0 N–H and O–H groups in total. The maximum atomic E-state index is 7.00. The molecule has 63 heavy (non-hydrogen) atoms. The van der Waals surface area contributed by atoms with E-state index in [1.165, 1.54) is 50.2 Å². The molecule has 0 unspecified atom stereocenters. The molecule has 0 radical (unpaired) electrons. The van der Waals surface area contributed by atoms with Crippen molar-refractivity contribution in [2.24, 2.45) is 5.41 Å². The second-order valence-electron chi connectivity index (χ2n) is 22.9. The van der Waals surface area contributed by atoms with Gasteiger partial charge in [-0.25, -0.2) is 4.98 Å². The zero-order valence-electron chi connectivity index (χ0n) is 40.5. The zero-order chi connectivity index (χ0) is 45.4. The Morgan fingerprint density at radius 2 is 1.08 bits per heavy atom. The highest BCUT2D eigenvalue weighted by atomic mass is 16.5. The Morgan fingerprint density at radius 1 is 0.460 bits per heavy atom. The Balaban J connectivity index is 1.23. The number of benzene rings is 5. The van der Waals surface area contributed by atoms with E-state index in [0.717, 1.165) is 39.4 Å². The minimum absolute atomic E-state index is 0.0176. The molecule has 3 heterocycles. The van der Waals surface area contributed by atoms with Crippen molar-refractivity contribution in [1.29, 1.82) is 0 Å². The van der Waals surface area contributed by atoms with Crippen molar-refractivity contribution in [3.05, 3.63) is 156 Å². The van der Waals surface area contributed by atoms with Crippen molar-refractivity contribution in [2.45, 2.75) is 126 Å². The van der Waals surface area contributed by atoms with E-state index in [1.54, 1.807) is 0 Å². The number of hydrogen-bond donors (Lipinski definition) is 0. The van der Waals surface area contributed by atoms with Gasteiger partial charge in [0.15, 0.2) is 0 Å². The molecule has 0 fully saturated rings. The Bertz CT molecular complexity index is 2830. The molecular formula is C58H68N4O. The predicted molar refractivity (Wildman–Crippen MR) is 269 cm³/mol. The molecule has 0 saturated heterocycles. The van der Waals surface area contributed by atoms with Gasteiger partial charge in [-0.1, -0.05) is 146 Å². The van der Waals surface area contributed by atoms with Gasteiger partial charge < -0.3 is 14.5 Å². The lowest BCUT2D eigenvalue weighted by Crippen LogP contribution is -2.31. The summed E-state index contributed by atoms with van der Waals surface area (Å²) in [5, 5.41) is 2.34. The first kappa shape index (κ1) is 43.8. The fourth-order valence-corrected chi connectivity index (χ4v) is 8.60. The highest BCUT2D eigenvalue weighted by Crippen LogP contribution is 2.44. The second kappa shape index (κ2) is 15.5. The van der Waals surface area contributed by atoms with Gasteiger partial charge in [-0.05, 0) is 116 Å². The number of anilines is 2. The number of aromatic nitrogens is 2. The molecule has 7 aromatic rings. The highest BCUT2D eigenvalue weighted by molar-refractivity contribution is 6.10. The number of allylic oxidation sites excluding steroid dienone is 1. The van der Waals surface area contributed by atoms with Gasteiger partial charge in [-0.2, -0.15) is 0 Å². The Hall–Kier alpha value is -5.81. The van der Waals surface area contributed by atoms with Crippen LogP contribution in [0.3, 0.4) is 0 Å². The molecule has 1 aliphatic heterocycles. The smallest absolute Gasteiger partial charge is 0.137 e. The number of fused-ring (bicyclic) bond motifs is 3. The quantitative estimate of drug-likeness (QED) is 0.167. The van der Waals surface area contributed by atoms with Crippen LogP contribution in [0.25, 0.3) is 38.8 Å². The Labute approximate surface area is 377 Å². The first-order valence-corrected chi connectivity index (χ1v) is 22.7. The molecular weight excluding hydrogens is 769 g/mol. The summed E-state index contributed by atoms with van der Waals surface area (Å²) in [7, 11) is 0. The Kier molecular flexibility index (Phi) is 10.8. The van der Waals surface area contributed by atoms with Gasteiger partial charge in [0.25, 0.3) is 0 Å². The van der Waals surface area contributed by atoms with Gasteiger partial charge in [0.05, 0.1) is 17.7 Å². The summed E-state index contributed by atoms with van der Waals surface area (Å²) in [6.45, 7) is 35.1. The standard InChI is InChI=1S/C58H68N4O/c1-54(2,3)40-25-26-59-53(33-40)62-50-24-21-39(38-19-17-16-18-20-38)27-49(50)48-23-22-46(35-51(48)62)63-47-32-43(57(10,11)12)29-44(34-47)60-36-52(58(13,14)15)61(37-60)45-30-41(55(4,5)6)28-42(31-45)56(7,8)9/h16-36H,37H2,1-15H3. The van der Waals surface area contributed by atoms with Gasteiger partial charge in [0.1, 0.15) is 17.3 Å². The van der Waals surface area contributed by atoms with Gasteiger partial charge in [0.2, 0.25) is 0 Å². The van der Waals surface area contributed by atoms with Crippen molar-refractivity contribution < 1.29 is 4.74 Å². The maximum absolute atomic E-state index is 7.00. The normalized spacial score (nSPS) is 14.2. The first-order valence-electron chi connectivity index (χ1n) is 22.7. The number of ether oxygens (including phenoxy) is 1. The van der Waals surface area contributed by atoms with E-state index < -0.39 is 0 Å². The van der Waals surface area contributed by atoms with Gasteiger partial charge in [-0.15, -0.1) is 0 Å². The Morgan fingerprint density at radius 3 is 1.70 bits per heavy atom. The lowest BCUT2D eigenvalue weighted by Gasteiger charge is -2.34. The van der Waals surface area contributed by atoms with Gasteiger partial charge in [-0.3, -0.25) is 4.57 Å². The molecule has 5 heteroatoms. The van der Waals surface area contributed by atoms with E-state index in [9.17, 15) is 0 Å². The van der Waals surface area contributed by atoms with Crippen LogP contribution < -0.4 is 14.5 Å². The van der Waals surface area contributed by atoms with Crippen LogP contribution in [0.1, 0.15) is 126 Å². The molecule has 0 saturated carbocycles. The largest absolute Gasteiger partial charge is 0.457 e. The molecule has 5 aromatic carbocycles. The van der Waals surface area contributed by atoms with Crippen molar-refractivity contribution >= 4 is 33.2 Å². The van der Waals surface area contributed by atoms with Crippen LogP contribution in [-0.2, 0) is 21.7 Å². The van der Waals surface area contributed by atoms with Crippen molar-refractivity contribution in [1.82, 2.24) is 9.55 Å². The van der Waals surface area contributed by atoms with E-state index in [2.05, 4.69) is 240 Å². The number of nitrogens with zero attached hydrogens (tertiary/aromatic N) is 4. The number of pyridine rings is 1. The average molecular weight is 837 g/mol. The van der Waals surface area contributed by atoms with E-state index in [-0.39, 0.29) is 27.1 Å². The summed E-state index contributed by atoms with van der Waals surface area (Å²) in [6.07, 6.45) is 4.30. The highest BCUT2D eigenvalue weighted by Gasteiger charge is 2.34. The van der Waals surface area contributed by atoms with E-state index in [0.29, 0.717) is 6.67 Å². The fourth-order valence-electron chi connectivity index (χ4n) is 8.60. The lowest BCUT2D eigenvalue weighted by molar-refractivity contribution is 0.479. The SMILES string of the molecule is CC(C)(C)C1=CN(c2cc(Oc3ccc4c5cc(-c6ccccc6)ccc5n(-c5cc(C(C)(C)C)ccn5)c4c3)cc(C(C)(C)C)c2)CN1c1cc(C(C)(C)C)cc(C(C)(C)C)c1. The van der Waals surface area contributed by atoms with Crippen LogP contribution in [0.4, 0.5) is 11.4 Å². The molecule has 0 bridgehead atoms. The fraction of sp³-hybridized carbons (Fsp3) is 0.362. The number of rotatable bonds is 6. The summed E-state index contributed by atoms with van der Waals surface area (Å²) in [6, 6.07) is 42.3. The van der Waals surface area contributed by atoms with Crippen LogP contribution in [0.15, 0.2) is 133 Å². The van der Waals surface area contributed by atoms with E-state index >= 15 is 0 Å². The van der Waals surface area contributed by atoms with Crippen LogP contribution in [0.5, 0.6) is 11.5 Å². The van der Waals surface area contributed by atoms with E-state index in [1.807, 2.05) is 6.20 Å². The second-order valence-corrected chi connectivity index (χ2v) is 22.9. The summed E-state index contributed by atoms with van der Waals surface area (Å²) < 4.78 is 9.30. The summed E-state index contributed by atoms with van der Waals surface area (Å²) >= 11 is 0. The van der Waals surface area contributed by atoms with Crippen LogP contribution in [0, 0.1) is 5.41 Å². The average Bonchev–Trinajstić information content (AvgIpc) is 3.80. The minimum atomic E-state index is -0.108. The third kappa shape index (κ3) is 8.90. The molecule has 0 amide bonds. The van der Waals surface area contributed by atoms with Crippen molar-refractivity contribution in [2.75, 3.05) is 16.5 Å². The summed E-state index contributed by atoms with van der Waals surface area (Å²) in [5.74, 6) is 2.49. The monoisotopic (exact) mass is 837 g/mol. The van der Waals surface area contributed by atoms with Crippen LogP contribution in [0.2, 0.25) is 0 Å². The molecule has 326 valence electrons. The molecule has 0 atom stereocenters. The molecule has 1 aliphatic rings. The third-order valence-corrected chi connectivity index (χ3v) is 12.6. The lowest BCUT2D eigenvalue weighted by atomic mass is 9.80. The summed E-state index contributed by atoms with van der Waals surface area (Å²) in [4.78, 5) is 9.90. The number of hydrogen-bond acceptors (Lipinski definition) is 4. The minimum Gasteiger partial charge on any atom is -0.457 e. The third-order valence-electron chi connectivity index (χ3n) is 12.6.